The maximum absolute atomic E-state index is 2.52. The molecule has 9 aromatic carbocycles. The number of benzene rings is 9. The molecular weight excluding hydrogens is 565 g/mol. The molecule has 0 aliphatic heterocycles. The Balaban J connectivity index is 1.31. The molecule has 0 amide bonds. The average Bonchev–Trinajstić information content (AvgIpc) is 3.36. The molecule has 10 rings (SSSR count). The van der Waals surface area contributed by atoms with Gasteiger partial charge in [0.1, 0.15) is 0 Å². The minimum absolute atomic E-state index is 0.0917. The fourth-order valence-electron chi connectivity index (χ4n) is 8.65. The van der Waals surface area contributed by atoms with Crippen LogP contribution in [-0.2, 0) is 5.41 Å². The highest BCUT2D eigenvalue weighted by Crippen LogP contribution is 2.54. The van der Waals surface area contributed by atoms with Crippen LogP contribution < -0.4 is 0 Å². The number of hydrogen-bond donors (Lipinski definition) is 0. The summed E-state index contributed by atoms with van der Waals surface area (Å²) in [5.74, 6) is 0. The van der Waals surface area contributed by atoms with Crippen LogP contribution in [0.25, 0.3) is 87.2 Å². The van der Waals surface area contributed by atoms with Crippen molar-refractivity contribution in [2.24, 2.45) is 0 Å². The topological polar surface area (TPSA) is 0 Å². The van der Waals surface area contributed by atoms with E-state index in [4.69, 9.17) is 0 Å². The summed E-state index contributed by atoms with van der Waals surface area (Å²) in [5, 5.41) is 12.9. The zero-order valence-electron chi connectivity index (χ0n) is 26.5. The van der Waals surface area contributed by atoms with Crippen molar-refractivity contribution in [1.29, 1.82) is 0 Å². The number of hydrogen-bond acceptors (Lipinski definition) is 0. The molecule has 0 N–H and O–H groups in total. The summed E-state index contributed by atoms with van der Waals surface area (Å²) in [6.07, 6.45) is 0. The van der Waals surface area contributed by atoms with Crippen molar-refractivity contribution in [2.45, 2.75) is 19.3 Å². The summed E-state index contributed by atoms with van der Waals surface area (Å²) in [4.78, 5) is 0. The highest BCUT2D eigenvalue weighted by Gasteiger charge is 2.37. The Morgan fingerprint density at radius 3 is 1.53 bits per heavy atom. The Morgan fingerprint density at radius 2 is 0.830 bits per heavy atom. The van der Waals surface area contributed by atoms with Gasteiger partial charge < -0.3 is 0 Å². The summed E-state index contributed by atoms with van der Waals surface area (Å²) in [7, 11) is 0. The molecule has 0 heterocycles. The van der Waals surface area contributed by atoms with E-state index >= 15 is 0 Å². The van der Waals surface area contributed by atoms with Crippen LogP contribution in [0.5, 0.6) is 0 Å². The predicted molar refractivity (Wildman–Crippen MR) is 202 cm³/mol. The monoisotopic (exact) mass is 596 g/mol. The molecule has 0 spiro atoms. The van der Waals surface area contributed by atoms with Crippen molar-refractivity contribution in [3.63, 3.8) is 0 Å². The van der Waals surface area contributed by atoms with E-state index in [2.05, 4.69) is 172 Å². The van der Waals surface area contributed by atoms with E-state index in [1.54, 1.807) is 0 Å². The summed E-state index contributed by atoms with van der Waals surface area (Å²) in [6, 6.07) is 58.9. The SMILES string of the molecule is CC1(C)c2ccccc2-c2c1cc(-c1c3ccccc3c(-c3ccc4c(ccc5ccccc54)c3)c3ccccc13)c1ccccc21. The first-order valence-corrected chi connectivity index (χ1v) is 16.6. The van der Waals surface area contributed by atoms with Crippen molar-refractivity contribution < 1.29 is 0 Å². The third-order valence-electron chi connectivity index (χ3n) is 10.8. The Kier molecular flexibility index (Phi) is 5.44. The highest BCUT2D eigenvalue weighted by atomic mass is 14.4. The Morgan fingerprint density at radius 1 is 0.319 bits per heavy atom. The van der Waals surface area contributed by atoms with Gasteiger partial charge in [-0.3, -0.25) is 0 Å². The van der Waals surface area contributed by atoms with Gasteiger partial charge in [0.25, 0.3) is 0 Å². The van der Waals surface area contributed by atoms with Gasteiger partial charge in [-0.05, 0) is 111 Å². The molecule has 0 heteroatoms. The Hall–Kier alpha value is -5.72. The average molecular weight is 597 g/mol. The molecule has 0 radical (unpaired) electrons. The minimum atomic E-state index is -0.0917. The zero-order chi connectivity index (χ0) is 31.3. The number of rotatable bonds is 2. The maximum Gasteiger partial charge on any atom is 0.0159 e. The van der Waals surface area contributed by atoms with Gasteiger partial charge in [-0.2, -0.15) is 0 Å². The fourth-order valence-corrected chi connectivity index (χ4v) is 8.65. The van der Waals surface area contributed by atoms with Gasteiger partial charge in [-0.1, -0.05) is 159 Å². The van der Waals surface area contributed by atoms with Gasteiger partial charge in [-0.15, -0.1) is 0 Å². The predicted octanol–water partition coefficient (Wildman–Crippen LogP) is 13.1. The van der Waals surface area contributed by atoms with Crippen LogP contribution in [-0.4, -0.2) is 0 Å². The lowest BCUT2D eigenvalue weighted by atomic mass is 9.79. The highest BCUT2D eigenvalue weighted by molar-refractivity contribution is 6.25. The molecule has 0 saturated carbocycles. The van der Waals surface area contributed by atoms with Crippen molar-refractivity contribution in [1.82, 2.24) is 0 Å². The minimum Gasteiger partial charge on any atom is -0.0619 e. The van der Waals surface area contributed by atoms with Gasteiger partial charge >= 0.3 is 0 Å². The summed E-state index contributed by atoms with van der Waals surface area (Å²) >= 11 is 0. The molecule has 0 nitrogen and oxygen atoms in total. The zero-order valence-corrected chi connectivity index (χ0v) is 26.5. The van der Waals surface area contributed by atoms with E-state index in [1.165, 1.54) is 98.4 Å². The van der Waals surface area contributed by atoms with Gasteiger partial charge in [0.15, 0.2) is 0 Å². The van der Waals surface area contributed by atoms with Crippen molar-refractivity contribution in [3.05, 3.63) is 169 Å². The second-order valence-electron chi connectivity index (χ2n) is 13.6. The van der Waals surface area contributed by atoms with Crippen molar-refractivity contribution >= 4 is 53.9 Å². The first-order chi connectivity index (χ1) is 23.1. The summed E-state index contributed by atoms with van der Waals surface area (Å²) in [6.45, 7) is 4.77. The summed E-state index contributed by atoms with van der Waals surface area (Å²) in [5.41, 5.74) is 10.7. The van der Waals surface area contributed by atoms with Crippen LogP contribution in [0.1, 0.15) is 25.0 Å². The Labute approximate surface area is 274 Å². The molecule has 0 unspecified atom stereocenters. The molecule has 9 aromatic rings. The molecule has 1 aliphatic carbocycles. The lowest BCUT2D eigenvalue weighted by Gasteiger charge is -2.24. The van der Waals surface area contributed by atoms with E-state index in [-0.39, 0.29) is 5.41 Å². The molecule has 220 valence electrons. The van der Waals surface area contributed by atoms with Crippen LogP contribution in [0, 0.1) is 0 Å². The van der Waals surface area contributed by atoms with E-state index in [0.717, 1.165) is 0 Å². The third kappa shape index (κ3) is 3.64. The maximum atomic E-state index is 2.52. The standard InChI is InChI=1S/C47H32/c1-47(2)42-22-12-11-21-40(42)46-35-16-6-5-15-34(35)41(28-43(46)47)45-38-19-9-7-17-36(38)44(37-18-8-10-20-39(37)45)31-25-26-33-30(27-31)24-23-29-13-3-4-14-32(29)33/h3-28H,1-2H3. The van der Waals surface area contributed by atoms with E-state index in [1.807, 2.05) is 0 Å². The van der Waals surface area contributed by atoms with Gasteiger partial charge in [-0.25, -0.2) is 0 Å². The molecule has 0 saturated heterocycles. The van der Waals surface area contributed by atoms with E-state index in [0.29, 0.717) is 0 Å². The third-order valence-corrected chi connectivity index (χ3v) is 10.8. The van der Waals surface area contributed by atoms with Gasteiger partial charge in [0.2, 0.25) is 0 Å². The van der Waals surface area contributed by atoms with Gasteiger partial charge in [0.05, 0.1) is 0 Å². The van der Waals surface area contributed by atoms with E-state index < -0.39 is 0 Å². The van der Waals surface area contributed by atoms with Crippen molar-refractivity contribution in [2.75, 3.05) is 0 Å². The quantitative estimate of drug-likeness (QED) is 0.138. The molecule has 0 aromatic heterocycles. The lowest BCUT2D eigenvalue weighted by Crippen LogP contribution is -2.15. The second-order valence-corrected chi connectivity index (χ2v) is 13.6. The fraction of sp³-hybridized carbons (Fsp3) is 0.0638. The van der Waals surface area contributed by atoms with Crippen LogP contribution >= 0.6 is 0 Å². The smallest absolute Gasteiger partial charge is 0.0159 e. The second kappa shape index (κ2) is 9.64. The normalized spacial score (nSPS) is 13.5. The summed E-state index contributed by atoms with van der Waals surface area (Å²) < 4.78 is 0. The van der Waals surface area contributed by atoms with Crippen molar-refractivity contribution in [3.8, 4) is 33.4 Å². The largest absolute Gasteiger partial charge is 0.0619 e. The number of fused-ring (bicyclic) bond motifs is 10. The molecule has 0 bridgehead atoms. The first-order valence-electron chi connectivity index (χ1n) is 16.6. The van der Waals surface area contributed by atoms with E-state index in [9.17, 15) is 0 Å². The first kappa shape index (κ1) is 26.5. The molecule has 0 atom stereocenters. The van der Waals surface area contributed by atoms with Gasteiger partial charge in [0, 0.05) is 5.41 Å². The van der Waals surface area contributed by atoms with Crippen LogP contribution in [0.15, 0.2) is 158 Å². The molecular formula is C47H32. The van der Waals surface area contributed by atoms with Crippen LogP contribution in [0.2, 0.25) is 0 Å². The van der Waals surface area contributed by atoms with Crippen LogP contribution in [0.3, 0.4) is 0 Å². The molecule has 0 fully saturated rings. The molecule has 47 heavy (non-hydrogen) atoms. The molecule has 1 aliphatic rings. The Bertz CT molecular complexity index is 2700. The lowest BCUT2D eigenvalue weighted by molar-refractivity contribution is 0.661. The van der Waals surface area contributed by atoms with Crippen LogP contribution in [0.4, 0.5) is 0 Å².